The van der Waals surface area contributed by atoms with Crippen LogP contribution in [-0.2, 0) is 9.53 Å². The summed E-state index contributed by atoms with van der Waals surface area (Å²) in [4.78, 5) is 11.4. The van der Waals surface area contributed by atoms with E-state index in [0.29, 0.717) is 18.8 Å². The lowest BCUT2D eigenvalue weighted by atomic mass is 10.1. The SMILES string of the molecule is C#CCCC(=O)C(OC)C1CC1. The Balaban J connectivity index is 2.32. The van der Waals surface area contributed by atoms with Gasteiger partial charge in [0, 0.05) is 20.0 Å². The summed E-state index contributed by atoms with van der Waals surface area (Å²) in [6.45, 7) is 0. The van der Waals surface area contributed by atoms with Crippen molar-refractivity contribution in [2.75, 3.05) is 7.11 Å². The Labute approximate surface area is 73.3 Å². The van der Waals surface area contributed by atoms with Crippen LogP contribution in [-0.4, -0.2) is 19.0 Å². The molecule has 1 rings (SSSR count). The monoisotopic (exact) mass is 166 g/mol. The maximum absolute atomic E-state index is 11.4. The van der Waals surface area contributed by atoms with E-state index in [4.69, 9.17) is 11.2 Å². The zero-order chi connectivity index (χ0) is 8.97. The molecule has 1 fully saturated rings. The van der Waals surface area contributed by atoms with Crippen molar-refractivity contribution in [3.05, 3.63) is 0 Å². The molecule has 1 atom stereocenters. The molecule has 1 aliphatic carbocycles. The summed E-state index contributed by atoms with van der Waals surface area (Å²) >= 11 is 0. The number of ketones is 1. The average molecular weight is 166 g/mol. The highest BCUT2D eigenvalue weighted by Gasteiger charge is 2.35. The van der Waals surface area contributed by atoms with E-state index < -0.39 is 0 Å². The second kappa shape index (κ2) is 4.27. The predicted octanol–water partition coefficient (Wildman–Crippen LogP) is 1.39. The van der Waals surface area contributed by atoms with Crippen LogP contribution in [0.3, 0.4) is 0 Å². The molecule has 0 bridgehead atoms. The molecule has 1 saturated carbocycles. The molecule has 0 spiro atoms. The van der Waals surface area contributed by atoms with Crippen molar-refractivity contribution in [3.8, 4) is 12.3 Å². The number of rotatable bonds is 5. The molecular weight excluding hydrogens is 152 g/mol. The summed E-state index contributed by atoms with van der Waals surface area (Å²) < 4.78 is 5.11. The van der Waals surface area contributed by atoms with Crippen LogP contribution in [0, 0.1) is 18.3 Å². The van der Waals surface area contributed by atoms with Gasteiger partial charge >= 0.3 is 0 Å². The van der Waals surface area contributed by atoms with Gasteiger partial charge in [0.1, 0.15) is 6.10 Å². The molecule has 66 valence electrons. The summed E-state index contributed by atoms with van der Waals surface area (Å²) in [7, 11) is 1.59. The molecule has 0 amide bonds. The molecule has 1 unspecified atom stereocenters. The fraction of sp³-hybridized carbons (Fsp3) is 0.700. The molecule has 0 aromatic heterocycles. The highest BCUT2D eigenvalue weighted by atomic mass is 16.5. The third-order valence-electron chi connectivity index (χ3n) is 2.14. The van der Waals surface area contributed by atoms with Crippen molar-refractivity contribution in [3.63, 3.8) is 0 Å². The first-order valence-corrected chi connectivity index (χ1v) is 4.28. The largest absolute Gasteiger partial charge is 0.373 e. The van der Waals surface area contributed by atoms with Crippen molar-refractivity contribution in [2.24, 2.45) is 5.92 Å². The van der Waals surface area contributed by atoms with E-state index >= 15 is 0 Å². The first kappa shape index (κ1) is 9.28. The zero-order valence-electron chi connectivity index (χ0n) is 7.38. The van der Waals surface area contributed by atoms with Gasteiger partial charge in [-0.15, -0.1) is 12.3 Å². The van der Waals surface area contributed by atoms with Crippen molar-refractivity contribution in [2.45, 2.75) is 31.8 Å². The Kier molecular flexibility index (Phi) is 3.31. The molecule has 1 aliphatic rings. The van der Waals surface area contributed by atoms with Gasteiger partial charge in [0.25, 0.3) is 0 Å². The fourth-order valence-electron chi connectivity index (χ4n) is 1.32. The fourth-order valence-corrected chi connectivity index (χ4v) is 1.32. The number of hydrogen-bond donors (Lipinski definition) is 0. The van der Waals surface area contributed by atoms with Gasteiger partial charge in [-0.1, -0.05) is 0 Å². The van der Waals surface area contributed by atoms with Crippen molar-refractivity contribution in [1.82, 2.24) is 0 Å². The molecule has 0 saturated heterocycles. The van der Waals surface area contributed by atoms with Gasteiger partial charge < -0.3 is 4.74 Å². The van der Waals surface area contributed by atoms with Gasteiger partial charge in [-0.2, -0.15) is 0 Å². The lowest BCUT2D eigenvalue weighted by Crippen LogP contribution is -2.24. The van der Waals surface area contributed by atoms with Crippen LogP contribution in [0.2, 0.25) is 0 Å². The van der Waals surface area contributed by atoms with Crippen LogP contribution in [0.1, 0.15) is 25.7 Å². The Morgan fingerprint density at radius 3 is 2.83 bits per heavy atom. The number of carbonyl (C=O) groups is 1. The third-order valence-corrected chi connectivity index (χ3v) is 2.14. The molecule has 2 heteroatoms. The topological polar surface area (TPSA) is 26.3 Å². The number of Topliss-reactive ketones (excluding diaryl/α,β-unsaturated/α-hetero) is 1. The number of terminal acetylenes is 1. The first-order valence-electron chi connectivity index (χ1n) is 4.28. The van der Waals surface area contributed by atoms with Crippen LogP contribution in [0.4, 0.5) is 0 Å². The summed E-state index contributed by atoms with van der Waals surface area (Å²) in [5, 5.41) is 0. The summed E-state index contributed by atoms with van der Waals surface area (Å²) in [6, 6.07) is 0. The van der Waals surface area contributed by atoms with E-state index in [1.807, 2.05) is 0 Å². The molecule has 12 heavy (non-hydrogen) atoms. The van der Waals surface area contributed by atoms with Crippen LogP contribution in [0.15, 0.2) is 0 Å². The minimum absolute atomic E-state index is 0.165. The smallest absolute Gasteiger partial charge is 0.162 e. The second-order valence-corrected chi connectivity index (χ2v) is 3.16. The van der Waals surface area contributed by atoms with Crippen molar-refractivity contribution >= 4 is 5.78 Å². The summed E-state index contributed by atoms with van der Waals surface area (Å²) in [5.74, 6) is 3.10. The van der Waals surface area contributed by atoms with Crippen LogP contribution in [0.5, 0.6) is 0 Å². The van der Waals surface area contributed by atoms with Crippen LogP contribution in [0.25, 0.3) is 0 Å². The quantitative estimate of drug-likeness (QED) is 0.577. The average Bonchev–Trinajstić information content (AvgIpc) is 2.86. The predicted molar refractivity (Wildman–Crippen MR) is 46.6 cm³/mol. The molecule has 2 nitrogen and oxygen atoms in total. The number of methoxy groups -OCH3 is 1. The highest BCUT2D eigenvalue weighted by Crippen LogP contribution is 2.34. The molecule has 0 N–H and O–H groups in total. The van der Waals surface area contributed by atoms with Crippen molar-refractivity contribution < 1.29 is 9.53 Å². The molecule has 0 aromatic carbocycles. The lowest BCUT2D eigenvalue weighted by Gasteiger charge is -2.11. The number of carbonyl (C=O) groups excluding carboxylic acids is 1. The first-order chi connectivity index (χ1) is 5.79. The summed E-state index contributed by atoms with van der Waals surface area (Å²) in [5.41, 5.74) is 0. The number of ether oxygens (including phenoxy) is 1. The van der Waals surface area contributed by atoms with Gasteiger partial charge in [-0.05, 0) is 18.8 Å². The van der Waals surface area contributed by atoms with Gasteiger partial charge in [0.2, 0.25) is 0 Å². The van der Waals surface area contributed by atoms with E-state index in [2.05, 4.69) is 5.92 Å². The Morgan fingerprint density at radius 2 is 2.42 bits per heavy atom. The molecule has 0 aromatic rings. The summed E-state index contributed by atoms with van der Waals surface area (Å²) in [6.07, 6.45) is 8.13. The molecule has 0 heterocycles. The van der Waals surface area contributed by atoms with E-state index in [-0.39, 0.29) is 11.9 Å². The van der Waals surface area contributed by atoms with Gasteiger partial charge in [0.15, 0.2) is 5.78 Å². The Bertz CT molecular complexity index is 198. The van der Waals surface area contributed by atoms with Gasteiger partial charge in [-0.3, -0.25) is 4.79 Å². The van der Waals surface area contributed by atoms with E-state index in [0.717, 1.165) is 12.8 Å². The highest BCUT2D eigenvalue weighted by molar-refractivity contribution is 5.83. The van der Waals surface area contributed by atoms with E-state index in [1.165, 1.54) is 0 Å². The maximum atomic E-state index is 11.4. The van der Waals surface area contributed by atoms with Gasteiger partial charge in [0.05, 0.1) is 0 Å². The van der Waals surface area contributed by atoms with Crippen LogP contribution < -0.4 is 0 Å². The molecular formula is C10H14O2. The molecule has 0 radical (unpaired) electrons. The Morgan fingerprint density at radius 1 is 1.75 bits per heavy atom. The minimum Gasteiger partial charge on any atom is -0.373 e. The normalized spacial score (nSPS) is 18.3. The number of hydrogen-bond acceptors (Lipinski definition) is 2. The lowest BCUT2D eigenvalue weighted by molar-refractivity contribution is -0.129. The standard InChI is InChI=1S/C10H14O2/c1-3-4-5-9(11)10(12-2)8-6-7-8/h1,8,10H,4-7H2,2H3. The van der Waals surface area contributed by atoms with E-state index in [1.54, 1.807) is 7.11 Å². The maximum Gasteiger partial charge on any atom is 0.162 e. The van der Waals surface area contributed by atoms with Gasteiger partial charge in [-0.25, -0.2) is 0 Å². The minimum atomic E-state index is -0.182. The Hall–Kier alpha value is -0.810. The molecule has 0 aliphatic heterocycles. The second-order valence-electron chi connectivity index (χ2n) is 3.16. The third kappa shape index (κ3) is 2.35. The van der Waals surface area contributed by atoms with E-state index in [9.17, 15) is 4.79 Å². The van der Waals surface area contributed by atoms with Crippen LogP contribution >= 0.6 is 0 Å². The zero-order valence-corrected chi connectivity index (χ0v) is 7.38. The van der Waals surface area contributed by atoms with Crippen molar-refractivity contribution in [1.29, 1.82) is 0 Å².